The van der Waals surface area contributed by atoms with E-state index >= 15 is 0 Å². The van der Waals surface area contributed by atoms with E-state index < -0.39 is 0 Å². The Hall–Kier alpha value is -0.380. The molecule has 0 unspecified atom stereocenters. The van der Waals surface area contributed by atoms with Gasteiger partial charge < -0.3 is 11.1 Å². The third-order valence-electron chi connectivity index (χ3n) is 3.03. The van der Waals surface area contributed by atoms with Gasteiger partial charge in [-0.1, -0.05) is 13.8 Å². The highest BCUT2D eigenvalue weighted by molar-refractivity contribution is 7.10. The molecule has 3 N–H and O–H groups in total. The van der Waals surface area contributed by atoms with Crippen LogP contribution in [0.2, 0.25) is 0 Å². The molecule has 1 rings (SSSR count). The first-order valence-electron chi connectivity index (χ1n) is 5.99. The van der Waals surface area contributed by atoms with Gasteiger partial charge in [0.2, 0.25) is 0 Å². The van der Waals surface area contributed by atoms with Crippen LogP contribution in [0, 0.1) is 12.3 Å². The fourth-order valence-corrected chi connectivity index (χ4v) is 2.43. The van der Waals surface area contributed by atoms with Crippen molar-refractivity contribution in [1.82, 2.24) is 5.32 Å². The van der Waals surface area contributed by atoms with Crippen molar-refractivity contribution < 1.29 is 0 Å². The standard InChI is InChI=1S/C13H24N2S/c1-11-5-9-16-12(11)4-7-15-8-6-13(2,3)10-14/h5,9,15H,4,6-8,10,14H2,1-3H3. The summed E-state index contributed by atoms with van der Waals surface area (Å²) in [6.45, 7) is 9.52. The minimum atomic E-state index is 0.270. The number of rotatable bonds is 7. The second-order valence-electron chi connectivity index (χ2n) is 5.15. The highest BCUT2D eigenvalue weighted by Gasteiger charge is 2.14. The van der Waals surface area contributed by atoms with Crippen LogP contribution < -0.4 is 11.1 Å². The second-order valence-corrected chi connectivity index (χ2v) is 6.15. The fraction of sp³-hybridized carbons (Fsp3) is 0.692. The van der Waals surface area contributed by atoms with E-state index in [1.54, 1.807) is 0 Å². The predicted molar refractivity (Wildman–Crippen MR) is 73.1 cm³/mol. The van der Waals surface area contributed by atoms with E-state index in [0.29, 0.717) is 0 Å². The minimum absolute atomic E-state index is 0.270. The summed E-state index contributed by atoms with van der Waals surface area (Å²) in [6, 6.07) is 2.19. The Morgan fingerprint density at radius 1 is 1.38 bits per heavy atom. The lowest BCUT2D eigenvalue weighted by molar-refractivity contribution is 0.340. The Labute approximate surface area is 103 Å². The fourth-order valence-electron chi connectivity index (χ4n) is 1.52. The van der Waals surface area contributed by atoms with E-state index in [-0.39, 0.29) is 5.41 Å². The lowest BCUT2D eigenvalue weighted by atomic mass is 9.90. The molecular weight excluding hydrogens is 216 g/mol. The van der Waals surface area contributed by atoms with Crippen molar-refractivity contribution in [1.29, 1.82) is 0 Å². The molecule has 0 aliphatic carbocycles. The molecule has 0 aliphatic rings. The monoisotopic (exact) mass is 240 g/mol. The normalized spacial score (nSPS) is 12.0. The average Bonchev–Trinajstić information content (AvgIpc) is 2.64. The maximum absolute atomic E-state index is 5.69. The summed E-state index contributed by atoms with van der Waals surface area (Å²) in [4.78, 5) is 1.51. The summed E-state index contributed by atoms with van der Waals surface area (Å²) >= 11 is 1.86. The van der Waals surface area contributed by atoms with Gasteiger partial charge in [-0.3, -0.25) is 0 Å². The Morgan fingerprint density at radius 3 is 2.69 bits per heavy atom. The minimum Gasteiger partial charge on any atom is -0.330 e. The van der Waals surface area contributed by atoms with Crippen molar-refractivity contribution in [2.75, 3.05) is 19.6 Å². The predicted octanol–water partition coefficient (Wildman–Crippen LogP) is 2.56. The highest BCUT2D eigenvalue weighted by atomic mass is 32.1. The second kappa shape index (κ2) is 6.38. The molecule has 0 bridgehead atoms. The number of thiophene rings is 1. The number of nitrogens with two attached hydrogens (primary N) is 1. The molecule has 0 amide bonds. The molecule has 0 saturated carbocycles. The molecule has 0 atom stereocenters. The molecule has 0 aliphatic heterocycles. The van der Waals surface area contributed by atoms with Crippen LogP contribution in [0.5, 0.6) is 0 Å². The van der Waals surface area contributed by atoms with Crippen molar-refractivity contribution in [3.8, 4) is 0 Å². The molecule has 0 radical (unpaired) electrons. The smallest absolute Gasteiger partial charge is 0.00870 e. The van der Waals surface area contributed by atoms with Gasteiger partial charge in [0.05, 0.1) is 0 Å². The Balaban J connectivity index is 2.11. The lowest BCUT2D eigenvalue weighted by Crippen LogP contribution is -2.29. The van der Waals surface area contributed by atoms with Crippen LogP contribution in [0.25, 0.3) is 0 Å². The van der Waals surface area contributed by atoms with E-state index in [1.165, 1.54) is 10.4 Å². The Morgan fingerprint density at radius 2 is 2.12 bits per heavy atom. The summed E-state index contributed by atoms with van der Waals surface area (Å²) in [5.41, 5.74) is 7.39. The van der Waals surface area contributed by atoms with Crippen molar-refractivity contribution in [2.45, 2.75) is 33.6 Å². The summed E-state index contributed by atoms with van der Waals surface area (Å²) in [6.07, 6.45) is 2.29. The van der Waals surface area contributed by atoms with E-state index in [2.05, 4.69) is 37.5 Å². The molecule has 0 fully saturated rings. The van der Waals surface area contributed by atoms with E-state index in [0.717, 1.165) is 32.5 Å². The third-order valence-corrected chi connectivity index (χ3v) is 4.11. The first-order valence-corrected chi connectivity index (χ1v) is 6.87. The van der Waals surface area contributed by atoms with Crippen LogP contribution in [-0.2, 0) is 6.42 Å². The van der Waals surface area contributed by atoms with Crippen molar-refractivity contribution >= 4 is 11.3 Å². The lowest BCUT2D eigenvalue weighted by Gasteiger charge is -2.22. The maximum atomic E-state index is 5.69. The quantitative estimate of drug-likeness (QED) is 0.719. The highest BCUT2D eigenvalue weighted by Crippen LogP contribution is 2.17. The number of hydrogen-bond acceptors (Lipinski definition) is 3. The van der Waals surface area contributed by atoms with Crippen LogP contribution in [0.4, 0.5) is 0 Å². The van der Waals surface area contributed by atoms with Crippen LogP contribution in [0.1, 0.15) is 30.7 Å². The van der Waals surface area contributed by atoms with Gasteiger partial charge in [0.25, 0.3) is 0 Å². The first kappa shape index (κ1) is 13.7. The molecule has 0 aromatic carbocycles. The Bertz CT molecular complexity index is 305. The number of aryl methyl sites for hydroxylation is 1. The van der Waals surface area contributed by atoms with E-state index in [4.69, 9.17) is 5.73 Å². The summed E-state index contributed by atoms with van der Waals surface area (Å²) in [5.74, 6) is 0. The summed E-state index contributed by atoms with van der Waals surface area (Å²) in [5, 5.41) is 5.66. The zero-order valence-electron chi connectivity index (χ0n) is 10.7. The molecule has 1 aromatic rings. The maximum Gasteiger partial charge on any atom is 0.00870 e. The number of hydrogen-bond donors (Lipinski definition) is 2. The molecule has 2 nitrogen and oxygen atoms in total. The summed E-state index contributed by atoms with van der Waals surface area (Å²) in [7, 11) is 0. The zero-order valence-corrected chi connectivity index (χ0v) is 11.5. The van der Waals surface area contributed by atoms with Gasteiger partial charge in [-0.25, -0.2) is 0 Å². The van der Waals surface area contributed by atoms with Gasteiger partial charge in [-0.15, -0.1) is 11.3 Å². The molecule has 0 spiro atoms. The van der Waals surface area contributed by atoms with E-state index in [9.17, 15) is 0 Å². The molecule has 16 heavy (non-hydrogen) atoms. The first-order chi connectivity index (χ1) is 7.55. The Kier molecular flexibility index (Phi) is 5.46. The largest absolute Gasteiger partial charge is 0.330 e. The van der Waals surface area contributed by atoms with Crippen LogP contribution in [0.15, 0.2) is 11.4 Å². The van der Waals surface area contributed by atoms with Crippen molar-refractivity contribution in [3.05, 3.63) is 21.9 Å². The van der Waals surface area contributed by atoms with Crippen molar-refractivity contribution in [2.24, 2.45) is 11.1 Å². The SMILES string of the molecule is Cc1ccsc1CCNCCC(C)(C)CN. The van der Waals surface area contributed by atoms with Gasteiger partial charge in [-0.05, 0) is 61.8 Å². The third kappa shape index (κ3) is 4.64. The van der Waals surface area contributed by atoms with Gasteiger partial charge in [0, 0.05) is 4.88 Å². The van der Waals surface area contributed by atoms with E-state index in [1.807, 2.05) is 11.3 Å². The zero-order chi connectivity index (χ0) is 12.0. The van der Waals surface area contributed by atoms with Crippen LogP contribution >= 0.6 is 11.3 Å². The molecule has 1 aromatic heterocycles. The van der Waals surface area contributed by atoms with Gasteiger partial charge in [0.15, 0.2) is 0 Å². The van der Waals surface area contributed by atoms with Crippen LogP contribution in [0.3, 0.4) is 0 Å². The van der Waals surface area contributed by atoms with Crippen molar-refractivity contribution in [3.63, 3.8) is 0 Å². The topological polar surface area (TPSA) is 38.0 Å². The summed E-state index contributed by atoms with van der Waals surface area (Å²) < 4.78 is 0. The van der Waals surface area contributed by atoms with Crippen LogP contribution in [-0.4, -0.2) is 19.6 Å². The number of nitrogens with one attached hydrogen (secondary N) is 1. The molecule has 92 valence electrons. The van der Waals surface area contributed by atoms with Gasteiger partial charge in [0.1, 0.15) is 0 Å². The van der Waals surface area contributed by atoms with Gasteiger partial charge in [-0.2, -0.15) is 0 Å². The molecule has 0 saturated heterocycles. The average molecular weight is 240 g/mol. The van der Waals surface area contributed by atoms with Gasteiger partial charge >= 0.3 is 0 Å². The molecule has 3 heteroatoms. The molecular formula is C13H24N2S. The molecule has 1 heterocycles.